The molecule has 0 aliphatic carbocycles. The maximum absolute atomic E-state index is 10.8. The van der Waals surface area contributed by atoms with Gasteiger partial charge in [0.05, 0.1) is 4.92 Å². The van der Waals surface area contributed by atoms with Gasteiger partial charge in [-0.05, 0) is 12.1 Å². The van der Waals surface area contributed by atoms with Gasteiger partial charge in [-0.2, -0.15) is 4.57 Å². The molecule has 6 nitrogen and oxygen atoms in total. The van der Waals surface area contributed by atoms with Gasteiger partial charge in [-0.3, -0.25) is 10.1 Å². The minimum atomic E-state index is -0.492. The molecule has 0 unspecified atom stereocenters. The fourth-order valence-corrected chi connectivity index (χ4v) is 2.31. The second-order valence-corrected chi connectivity index (χ2v) is 5.19. The van der Waals surface area contributed by atoms with Crippen LogP contribution in [0.15, 0.2) is 67.5 Å². The molecule has 0 fully saturated rings. The Morgan fingerprint density at radius 3 is 2.46 bits per heavy atom. The predicted molar refractivity (Wildman–Crippen MR) is 96.3 cm³/mol. The van der Waals surface area contributed by atoms with Crippen molar-refractivity contribution in [1.29, 1.82) is 0 Å². The minimum absolute atomic E-state index is 0.0483. The van der Waals surface area contributed by atoms with Crippen LogP contribution in [0.25, 0.3) is 11.5 Å². The molecule has 0 saturated heterocycles. The molecule has 2 aromatic rings. The number of nitrogens with zero attached hydrogens (tertiary/aromatic N) is 2. The van der Waals surface area contributed by atoms with E-state index in [4.69, 9.17) is 12.2 Å². The molecule has 0 bridgehead atoms. The first-order valence-electron chi connectivity index (χ1n) is 7.08. The Kier molecular flexibility index (Phi) is 5.75. The highest BCUT2D eigenvalue weighted by Crippen LogP contribution is 2.20. The van der Waals surface area contributed by atoms with Gasteiger partial charge in [0.15, 0.2) is 23.1 Å². The number of aromatic nitrogens is 1. The largest absolute Gasteiger partial charge is 0.502 e. The lowest BCUT2D eigenvalue weighted by atomic mass is 10.1. The van der Waals surface area contributed by atoms with Gasteiger partial charge in [0, 0.05) is 36.4 Å². The summed E-state index contributed by atoms with van der Waals surface area (Å²) in [7, 11) is 0. The smallest absolute Gasteiger partial charge is 0.287 e. The minimum Gasteiger partial charge on any atom is -0.502 e. The van der Waals surface area contributed by atoms with Gasteiger partial charge in [0.25, 0.3) is 11.4 Å². The van der Waals surface area contributed by atoms with Gasteiger partial charge in [-0.25, -0.2) is 0 Å². The molecule has 24 heavy (non-hydrogen) atoms. The molecule has 2 N–H and O–H groups in total. The zero-order valence-electron chi connectivity index (χ0n) is 12.8. The number of nitrogens with one attached hydrogen (secondary N) is 1. The van der Waals surface area contributed by atoms with Crippen molar-refractivity contribution in [2.75, 3.05) is 6.54 Å². The first-order chi connectivity index (χ1) is 11.5. The zero-order valence-corrected chi connectivity index (χ0v) is 13.6. The number of thiocarbonyl (C=S) groups is 1. The van der Waals surface area contributed by atoms with Crippen LogP contribution in [-0.2, 0) is 0 Å². The lowest BCUT2D eigenvalue weighted by Crippen LogP contribution is -2.40. The average Bonchev–Trinajstić information content (AvgIpc) is 2.61. The summed E-state index contributed by atoms with van der Waals surface area (Å²) in [5.41, 5.74) is 0.754. The number of aliphatic hydroxyl groups excluding tert-OH is 1. The third-order valence-electron chi connectivity index (χ3n) is 3.17. The second kappa shape index (κ2) is 7.98. The number of nitro benzene ring substituents is 1. The Bertz CT molecular complexity index is 786. The van der Waals surface area contributed by atoms with Crippen LogP contribution in [0, 0.1) is 10.1 Å². The van der Waals surface area contributed by atoms with E-state index in [1.807, 2.05) is 6.07 Å². The van der Waals surface area contributed by atoms with Gasteiger partial charge in [-0.1, -0.05) is 24.4 Å². The Morgan fingerprint density at radius 2 is 1.92 bits per heavy atom. The van der Waals surface area contributed by atoms with Crippen molar-refractivity contribution < 1.29 is 14.6 Å². The van der Waals surface area contributed by atoms with E-state index < -0.39 is 4.92 Å². The van der Waals surface area contributed by atoms with E-state index in [9.17, 15) is 15.2 Å². The molecule has 0 aliphatic rings. The number of nitro groups is 1. The highest BCUT2D eigenvalue weighted by Gasteiger charge is 2.23. The molecule has 1 aromatic heterocycles. The number of hydrogen-bond donors (Lipinski definition) is 2. The van der Waals surface area contributed by atoms with Gasteiger partial charge < -0.3 is 10.4 Å². The average molecular weight is 342 g/mol. The Labute approximate surface area is 144 Å². The standard InChI is InChI=1S/C17H15N3O3S/c1-2-10-18-17(24)15(19-11-4-3-5-12-19)16(21)13-6-8-14(9-7-13)20(22)23/h2-9,11-12H,1,10H2,(H-,18,21,24)/p+1. The predicted octanol–water partition coefficient (Wildman–Crippen LogP) is 2.87. The van der Waals surface area contributed by atoms with Gasteiger partial charge in [0.2, 0.25) is 0 Å². The fourth-order valence-electron chi connectivity index (χ4n) is 2.02. The van der Waals surface area contributed by atoms with Gasteiger partial charge >= 0.3 is 0 Å². The number of aliphatic hydroxyl groups is 1. The van der Waals surface area contributed by atoms with Crippen LogP contribution < -0.4 is 9.88 Å². The number of pyridine rings is 1. The topological polar surface area (TPSA) is 79.3 Å². The Balaban J connectivity index is 2.50. The molecule has 7 heteroatoms. The van der Waals surface area contributed by atoms with Crippen LogP contribution in [-0.4, -0.2) is 21.6 Å². The van der Waals surface area contributed by atoms with Crippen LogP contribution >= 0.6 is 12.2 Å². The second-order valence-electron chi connectivity index (χ2n) is 4.78. The molecule has 0 saturated carbocycles. The van der Waals surface area contributed by atoms with Crippen molar-refractivity contribution in [3.8, 4) is 0 Å². The first kappa shape index (κ1) is 17.3. The monoisotopic (exact) mass is 342 g/mol. The molecule has 1 aromatic carbocycles. The highest BCUT2D eigenvalue weighted by atomic mass is 32.1. The van der Waals surface area contributed by atoms with Crippen molar-refractivity contribution in [2.45, 2.75) is 0 Å². The van der Waals surface area contributed by atoms with Crippen molar-refractivity contribution >= 4 is 34.3 Å². The van der Waals surface area contributed by atoms with E-state index in [1.165, 1.54) is 24.3 Å². The summed E-state index contributed by atoms with van der Waals surface area (Å²) < 4.78 is 1.68. The van der Waals surface area contributed by atoms with E-state index in [0.717, 1.165) is 0 Å². The summed E-state index contributed by atoms with van der Waals surface area (Å²) in [5, 5.41) is 24.4. The van der Waals surface area contributed by atoms with E-state index in [1.54, 1.807) is 35.2 Å². The molecule has 2 rings (SSSR count). The molecule has 122 valence electrons. The van der Waals surface area contributed by atoms with Crippen LogP contribution in [0.5, 0.6) is 0 Å². The normalized spacial score (nSPS) is 11.3. The summed E-state index contributed by atoms with van der Waals surface area (Å²) in [4.78, 5) is 10.6. The maximum Gasteiger partial charge on any atom is 0.287 e. The van der Waals surface area contributed by atoms with Crippen molar-refractivity contribution in [3.05, 3.63) is 83.2 Å². The molecule has 0 atom stereocenters. The summed E-state index contributed by atoms with van der Waals surface area (Å²) in [6.07, 6.45) is 5.15. The third kappa shape index (κ3) is 4.02. The third-order valence-corrected chi connectivity index (χ3v) is 3.51. The first-order valence-corrected chi connectivity index (χ1v) is 7.49. The van der Waals surface area contributed by atoms with E-state index >= 15 is 0 Å². The summed E-state index contributed by atoms with van der Waals surface area (Å²) in [6.45, 7) is 4.07. The van der Waals surface area contributed by atoms with Crippen LogP contribution in [0.1, 0.15) is 5.56 Å². The number of rotatable bonds is 6. The maximum atomic E-state index is 10.8. The van der Waals surface area contributed by atoms with E-state index in [-0.39, 0.29) is 11.4 Å². The van der Waals surface area contributed by atoms with Gasteiger partial charge in [0.1, 0.15) is 0 Å². The molecular formula is C17H16N3O3S+. The van der Waals surface area contributed by atoms with Gasteiger partial charge in [-0.15, -0.1) is 6.58 Å². The lowest BCUT2D eigenvalue weighted by molar-refractivity contribution is -0.576. The summed E-state index contributed by atoms with van der Waals surface area (Å²) >= 11 is 5.36. The Morgan fingerprint density at radius 1 is 1.29 bits per heavy atom. The van der Waals surface area contributed by atoms with Crippen molar-refractivity contribution in [1.82, 2.24) is 5.32 Å². The number of non-ortho nitro benzene ring substituents is 1. The van der Waals surface area contributed by atoms with E-state index in [0.29, 0.717) is 22.8 Å². The molecule has 0 aliphatic heterocycles. The fraction of sp³-hybridized carbons (Fsp3) is 0.0588. The Hall–Kier alpha value is -3.06. The number of benzene rings is 1. The van der Waals surface area contributed by atoms with Crippen LogP contribution in [0.3, 0.4) is 0 Å². The zero-order chi connectivity index (χ0) is 17.5. The summed E-state index contributed by atoms with van der Waals surface area (Å²) in [5.74, 6) is -0.0809. The quantitative estimate of drug-likeness (QED) is 0.160. The van der Waals surface area contributed by atoms with Crippen LogP contribution in [0.2, 0.25) is 0 Å². The molecule has 0 amide bonds. The van der Waals surface area contributed by atoms with Crippen LogP contribution in [0.4, 0.5) is 5.69 Å². The van der Waals surface area contributed by atoms with Crippen molar-refractivity contribution in [3.63, 3.8) is 0 Å². The SMILES string of the molecule is C=CCNC(=S)C(=C(O)c1ccc([N+](=O)[O-])cc1)[n+]1ccccc1. The summed E-state index contributed by atoms with van der Waals surface area (Å²) in [6, 6.07) is 11.1. The molecule has 0 radical (unpaired) electrons. The lowest BCUT2D eigenvalue weighted by Gasteiger charge is -2.08. The van der Waals surface area contributed by atoms with Crippen molar-refractivity contribution in [2.24, 2.45) is 0 Å². The molecular weight excluding hydrogens is 326 g/mol. The van der Waals surface area contributed by atoms with E-state index in [2.05, 4.69) is 11.9 Å². The molecule has 1 heterocycles. The molecule has 0 spiro atoms. The number of hydrogen-bond acceptors (Lipinski definition) is 4. The highest BCUT2D eigenvalue weighted by molar-refractivity contribution is 7.81.